The van der Waals surface area contributed by atoms with E-state index in [0.29, 0.717) is 0 Å². The first-order valence-electron chi connectivity index (χ1n) is 5.47. The standard InChI is InChI=1S/C11H18N2OS/c1-7-8(2)15-11(13-7)6-9(12)10-4-3-5-14-10/h9-10H,3-6,12H2,1-2H3. The van der Waals surface area contributed by atoms with Crippen LogP contribution in [0.4, 0.5) is 0 Å². The Morgan fingerprint density at radius 2 is 2.40 bits per heavy atom. The molecule has 0 bridgehead atoms. The molecule has 2 unspecified atom stereocenters. The fourth-order valence-corrected chi connectivity index (χ4v) is 2.90. The number of nitrogens with two attached hydrogens (primary N) is 1. The Hall–Kier alpha value is -0.450. The Morgan fingerprint density at radius 1 is 1.60 bits per heavy atom. The molecular weight excluding hydrogens is 208 g/mol. The summed E-state index contributed by atoms with van der Waals surface area (Å²) >= 11 is 1.75. The molecule has 1 aromatic heterocycles. The Bertz CT molecular complexity index is 312. The molecule has 84 valence electrons. The highest BCUT2D eigenvalue weighted by atomic mass is 32.1. The first-order valence-corrected chi connectivity index (χ1v) is 6.28. The number of nitrogens with zero attached hydrogens (tertiary/aromatic N) is 1. The van der Waals surface area contributed by atoms with Crippen molar-refractivity contribution in [1.29, 1.82) is 0 Å². The maximum atomic E-state index is 6.11. The minimum absolute atomic E-state index is 0.109. The lowest BCUT2D eigenvalue weighted by molar-refractivity contribution is 0.0900. The highest BCUT2D eigenvalue weighted by molar-refractivity contribution is 7.11. The van der Waals surface area contributed by atoms with Crippen molar-refractivity contribution in [2.45, 2.75) is 45.3 Å². The van der Waals surface area contributed by atoms with Gasteiger partial charge in [-0.15, -0.1) is 11.3 Å². The van der Waals surface area contributed by atoms with Gasteiger partial charge < -0.3 is 10.5 Å². The van der Waals surface area contributed by atoms with Crippen molar-refractivity contribution in [2.75, 3.05) is 6.61 Å². The van der Waals surface area contributed by atoms with Gasteiger partial charge in [0.25, 0.3) is 0 Å². The van der Waals surface area contributed by atoms with E-state index < -0.39 is 0 Å². The summed E-state index contributed by atoms with van der Waals surface area (Å²) in [7, 11) is 0. The van der Waals surface area contributed by atoms with E-state index in [1.807, 2.05) is 6.92 Å². The van der Waals surface area contributed by atoms with E-state index in [9.17, 15) is 0 Å². The van der Waals surface area contributed by atoms with Crippen LogP contribution in [0.5, 0.6) is 0 Å². The Morgan fingerprint density at radius 3 is 2.93 bits per heavy atom. The summed E-state index contributed by atoms with van der Waals surface area (Å²) < 4.78 is 5.58. The summed E-state index contributed by atoms with van der Waals surface area (Å²) in [5.41, 5.74) is 7.25. The zero-order chi connectivity index (χ0) is 10.8. The van der Waals surface area contributed by atoms with Gasteiger partial charge in [-0.1, -0.05) is 0 Å². The van der Waals surface area contributed by atoms with E-state index >= 15 is 0 Å². The van der Waals surface area contributed by atoms with Gasteiger partial charge in [-0.25, -0.2) is 4.98 Å². The van der Waals surface area contributed by atoms with E-state index in [2.05, 4.69) is 11.9 Å². The van der Waals surface area contributed by atoms with Crippen molar-refractivity contribution >= 4 is 11.3 Å². The highest BCUT2D eigenvalue weighted by Gasteiger charge is 2.23. The first-order chi connectivity index (χ1) is 7.16. The van der Waals surface area contributed by atoms with Crippen molar-refractivity contribution in [3.05, 3.63) is 15.6 Å². The van der Waals surface area contributed by atoms with Gasteiger partial charge in [0.1, 0.15) is 0 Å². The number of aromatic nitrogens is 1. The first kappa shape index (κ1) is 11.0. The quantitative estimate of drug-likeness (QED) is 0.855. The second-order valence-corrected chi connectivity index (χ2v) is 5.46. The molecule has 2 heterocycles. The summed E-state index contributed by atoms with van der Waals surface area (Å²) in [6.45, 7) is 5.02. The fraction of sp³-hybridized carbons (Fsp3) is 0.727. The van der Waals surface area contributed by atoms with Crippen LogP contribution >= 0.6 is 11.3 Å². The molecule has 2 atom stereocenters. The number of hydrogen-bond donors (Lipinski definition) is 1. The normalized spacial score (nSPS) is 23.3. The largest absolute Gasteiger partial charge is 0.377 e. The fourth-order valence-electron chi connectivity index (χ4n) is 1.90. The third kappa shape index (κ3) is 2.56. The van der Waals surface area contributed by atoms with Crippen LogP contribution in [-0.2, 0) is 11.2 Å². The van der Waals surface area contributed by atoms with E-state index in [1.54, 1.807) is 11.3 Å². The Labute approximate surface area is 94.7 Å². The molecule has 0 radical (unpaired) electrons. The number of rotatable bonds is 3. The number of hydrogen-bond acceptors (Lipinski definition) is 4. The van der Waals surface area contributed by atoms with Crippen LogP contribution in [0.1, 0.15) is 28.4 Å². The van der Waals surface area contributed by atoms with Crippen molar-refractivity contribution < 1.29 is 4.74 Å². The van der Waals surface area contributed by atoms with E-state index in [-0.39, 0.29) is 12.1 Å². The van der Waals surface area contributed by atoms with Gasteiger partial charge in [-0.3, -0.25) is 0 Å². The predicted molar refractivity (Wildman–Crippen MR) is 62.2 cm³/mol. The van der Waals surface area contributed by atoms with Gasteiger partial charge in [0.15, 0.2) is 0 Å². The van der Waals surface area contributed by atoms with Gasteiger partial charge in [0, 0.05) is 23.9 Å². The van der Waals surface area contributed by atoms with Crippen LogP contribution in [0.15, 0.2) is 0 Å². The SMILES string of the molecule is Cc1nc(CC(N)C2CCCO2)sc1C. The van der Waals surface area contributed by atoms with Gasteiger partial charge >= 0.3 is 0 Å². The zero-order valence-corrected chi connectivity index (χ0v) is 10.1. The molecule has 0 aromatic carbocycles. The summed E-state index contributed by atoms with van der Waals surface area (Å²) in [4.78, 5) is 5.80. The molecule has 15 heavy (non-hydrogen) atoms. The van der Waals surface area contributed by atoms with Gasteiger partial charge in [-0.2, -0.15) is 0 Å². The average Bonchev–Trinajstić information content (AvgIpc) is 2.77. The highest BCUT2D eigenvalue weighted by Crippen LogP contribution is 2.21. The molecule has 3 nitrogen and oxygen atoms in total. The van der Waals surface area contributed by atoms with Crippen molar-refractivity contribution in [3.63, 3.8) is 0 Å². The molecule has 2 N–H and O–H groups in total. The lowest BCUT2D eigenvalue weighted by atomic mass is 10.1. The third-order valence-electron chi connectivity index (χ3n) is 2.93. The number of ether oxygens (including phenoxy) is 1. The molecule has 1 saturated heterocycles. The second-order valence-electron chi connectivity index (χ2n) is 4.17. The monoisotopic (exact) mass is 226 g/mol. The molecule has 1 aliphatic heterocycles. The number of thiazole rings is 1. The minimum Gasteiger partial charge on any atom is -0.377 e. The van der Waals surface area contributed by atoms with E-state index in [1.165, 1.54) is 4.88 Å². The molecular formula is C11H18N2OS. The topological polar surface area (TPSA) is 48.1 Å². The molecule has 4 heteroatoms. The van der Waals surface area contributed by atoms with Crippen molar-refractivity contribution in [3.8, 4) is 0 Å². The molecule has 1 aromatic rings. The molecule has 0 amide bonds. The molecule has 0 aliphatic carbocycles. The molecule has 0 spiro atoms. The zero-order valence-electron chi connectivity index (χ0n) is 9.32. The van der Waals surface area contributed by atoms with E-state index in [0.717, 1.165) is 36.6 Å². The van der Waals surface area contributed by atoms with Crippen LogP contribution in [0, 0.1) is 13.8 Å². The Kier molecular flexibility index (Phi) is 3.38. The van der Waals surface area contributed by atoms with Crippen molar-refractivity contribution in [1.82, 2.24) is 4.98 Å². The maximum absolute atomic E-state index is 6.11. The van der Waals surface area contributed by atoms with Gasteiger partial charge in [-0.05, 0) is 26.7 Å². The van der Waals surface area contributed by atoms with Crippen LogP contribution in [0.3, 0.4) is 0 Å². The number of aryl methyl sites for hydroxylation is 2. The van der Waals surface area contributed by atoms with Crippen LogP contribution in [-0.4, -0.2) is 23.7 Å². The summed E-state index contributed by atoms with van der Waals surface area (Å²) in [5.74, 6) is 0. The van der Waals surface area contributed by atoms with Crippen LogP contribution in [0.25, 0.3) is 0 Å². The Balaban J connectivity index is 1.95. The summed E-state index contributed by atoms with van der Waals surface area (Å²) in [6, 6.07) is 0.109. The smallest absolute Gasteiger partial charge is 0.0947 e. The average molecular weight is 226 g/mol. The maximum Gasteiger partial charge on any atom is 0.0947 e. The second kappa shape index (κ2) is 4.60. The summed E-state index contributed by atoms with van der Waals surface area (Å²) in [6.07, 6.45) is 3.34. The van der Waals surface area contributed by atoms with Gasteiger partial charge in [0.2, 0.25) is 0 Å². The predicted octanol–water partition coefficient (Wildman–Crippen LogP) is 1.81. The molecule has 1 aliphatic rings. The lowest BCUT2D eigenvalue weighted by Gasteiger charge is -2.16. The van der Waals surface area contributed by atoms with Crippen LogP contribution < -0.4 is 5.73 Å². The molecule has 1 fully saturated rings. The van der Waals surface area contributed by atoms with Crippen molar-refractivity contribution in [2.24, 2.45) is 5.73 Å². The van der Waals surface area contributed by atoms with Crippen LogP contribution in [0.2, 0.25) is 0 Å². The third-order valence-corrected chi connectivity index (χ3v) is 4.02. The molecule has 2 rings (SSSR count). The van der Waals surface area contributed by atoms with Gasteiger partial charge in [0.05, 0.1) is 16.8 Å². The lowest BCUT2D eigenvalue weighted by Crippen LogP contribution is -2.36. The van der Waals surface area contributed by atoms with E-state index in [4.69, 9.17) is 10.5 Å². The minimum atomic E-state index is 0.109. The molecule has 0 saturated carbocycles. The summed E-state index contributed by atoms with van der Waals surface area (Å²) in [5, 5.41) is 1.15.